The number of ether oxygens (including phenoxy) is 1. The van der Waals surface area contributed by atoms with Crippen molar-refractivity contribution in [3.05, 3.63) is 23.8 Å². The molecule has 2 unspecified atom stereocenters. The van der Waals surface area contributed by atoms with E-state index >= 15 is 0 Å². The van der Waals surface area contributed by atoms with Crippen LogP contribution >= 0.6 is 0 Å². The van der Waals surface area contributed by atoms with E-state index in [2.05, 4.69) is 0 Å². The van der Waals surface area contributed by atoms with Gasteiger partial charge >= 0.3 is 0 Å². The van der Waals surface area contributed by atoms with Crippen molar-refractivity contribution in [1.29, 1.82) is 0 Å². The molecule has 2 N–H and O–H groups in total. The van der Waals surface area contributed by atoms with Crippen LogP contribution in [0.15, 0.2) is 17.0 Å². The van der Waals surface area contributed by atoms with Crippen molar-refractivity contribution >= 4 is 15.7 Å². The van der Waals surface area contributed by atoms with Gasteiger partial charge in [-0.25, -0.2) is 17.2 Å². The first-order valence-corrected chi connectivity index (χ1v) is 7.72. The lowest BCUT2D eigenvalue weighted by Gasteiger charge is -2.31. The van der Waals surface area contributed by atoms with Gasteiger partial charge in [0.05, 0.1) is 12.2 Å². The van der Waals surface area contributed by atoms with Crippen LogP contribution < -0.4 is 5.73 Å². The highest BCUT2D eigenvalue weighted by Crippen LogP contribution is 2.32. The molecule has 0 aliphatic carbocycles. The molecule has 2 aliphatic rings. The predicted octanol–water partition coefficient (Wildman–Crippen LogP) is 1.10. The largest absolute Gasteiger partial charge is 0.399 e. The Bertz CT molecular complexity index is 615. The van der Waals surface area contributed by atoms with E-state index in [0.717, 1.165) is 29.3 Å². The van der Waals surface area contributed by atoms with Crippen molar-refractivity contribution in [2.24, 2.45) is 0 Å². The predicted molar refractivity (Wildman–Crippen MR) is 67.4 cm³/mol. The summed E-state index contributed by atoms with van der Waals surface area (Å²) in [7, 11) is -4.22. The van der Waals surface area contributed by atoms with Crippen LogP contribution in [-0.4, -0.2) is 38.0 Å². The zero-order valence-electron chi connectivity index (χ0n) is 10.6. The van der Waals surface area contributed by atoms with E-state index in [4.69, 9.17) is 10.5 Å². The number of fused-ring (bicyclic) bond motifs is 2. The molecule has 0 aromatic heterocycles. The first kappa shape index (κ1) is 13.7. The van der Waals surface area contributed by atoms with Gasteiger partial charge < -0.3 is 10.5 Å². The minimum atomic E-state index is -4.22. The van der Waals surface area contributed by atoms with E-state index < -0.39 is 26.6 Å². The summed E-state index contributed by atoms with van der Waals surface area (Å²) in [4.78, 5) is -0.937. The Kier molecular flexibility index (Phi) is 3.19. The molecule has 2 atom stereocenters. The van der Waals surface area contributed by atoms with Crippen molar-refractivity contribution in [3.8, 4) is 0 Å². The highest BCUT2D eigenvalue weighted by Gasteiger charge is 2.41. The standard InChI is InChI=1S/C12H14F2N2O3S/c13-10-3-7(15)4-11(14)12(10)20(17,18)16-5-8-1-2-9(6-16)19-8/h3-4,8-9H,1-2,5-6,15H2. The fourth-order valence-electron chi connectivity index (χ4n) is 2.73. The summed E-state index contributed by atoms with van der Waals surface area (Å²) >= 11 is 0. The molecule has 2 aliphatic heterocycles. The van der Waals surface area contributed by atoms with E-state index in [1.54, 1.807) is 0 Å². The second kappa shape index (κ2) is 4.64. The molecule has 1 aromatic carbocycles. The van der Waals surface area contributed by atoms with Gasteiger partial charge in [-0.3, -0.25) is 0 Å². The number of rotatable bonds is 2. The minimum absolute atomic E-state index is 0.127. The van der Waals surface area contributed by atoms with Crippen LogP contribution in [0.1, 0.15) is 12.8 Å². The molecule has 2 saturated heterocycles. The summed E-state index contributed by atoms with van der Waals surface area (Å²) in [5.74, 6) is -2.33. The molecule has 2 fully saturated rings. The van der Waals surface area contributed by atoms with Gasteiger partial charge in [0.25, 0.3) is 0 Å². The third kappa shape index (κ3) is 2.17. The van der Waals surface area contributed by atoms with E-state index in [1.165, 1.54) is 0 Å². The molecule has 110 valence electrons. The molecule has 0 saturated carbocycles. The van der Waals surface area contributed by atoms with Gasteiger partial charge in [0.2, 0.25) is 10.0 Å². The summed E-state index contributed by atoms with van der Waals surface area (Å²) in [6.07, 6.45) is 1.15. The minimum Gasteiger partial charge on any atom is -0.399 e. The Hall–Kier alpha value is -1.25. The fraction of sp³-hybridized carbons (Fsp3) is 0.500. The zero-order chi connectivity index (χ0) is 14.5. The van der Waals surface area contributed by atoms with Gasteiger partial charge in [-0.2, -0.15) is 4.31 Å². The number of nitrogens with zero attached hydrogens (tertiary/aromatic N) is 1. The Morgan fingerprint density at radius 1 is 1.15 bits per heavy atom. The van der Waals surface area contributed by atoms with Gasteiger partial charge in [0.15, 0.2) is 4.90 Å². The van der Waals surface area contributed by atoms with Crippen molar-refractivity contribution in [1.82, 2.24) is 4.31 Å². The lowest BCUT2D eigenvalue weighted by Crippen LogP contribution is -2.46. The van der Waals surface area contributed by atoms with E-state index in [1.807, 2.05) is 0 Å². The molecule has 0 radical (unpaired) electrons. The van der Waals surface area contributed by atoms with Crippen LogP contribution in [0.5, 0.6) is 0 Å². The van der Waals surface area contributed by atoms with Gasteiger partial charge in [0, 0.05) is 18.8 Å². The maximum absolute atomic E-state index is 13.8. The van der Waals surface area contributed by atoms with Crippen molar-refractivity contribution in [2.75, 3.05) is 18.8 Å². The number of nitrogen functional groups attached to an aromatic ring is 1. The van der Waals surface area contributed by atoms with Crippen molar-refractivity contribution < 1.29 is 21.9 Å². The first-order valence-electron chi connectivity index (χ1n) is 6.28. The smallest absolute Gasteiger partial charge is 0.249 e. The monoisotopic (exact) mass is 304 g/mol. The molecule has 20 heavy (non-hydrogen) atoms. The lowest BCUT2D eigenvalue weighted by atomic mass is 10.2. The molecule has 2 heterocycles. The van der Waals surface area contributed by atoms with E-state index in [9.17, 15) is 17.2 Å². The van der Waals surface area contributed by atoms with Gasteiger partial charge in [-0.05, 0) is 25.0 Å². The summed E-state index contributed by atoms with van der Waals surface area (Å²) < 4.78 is 59.1. The molecule has 0 spiro atoms. The third-order valence-corrected chi connectivity index (χ3v) is 5.51. The number of hydrogen-bond acceptors (Lipinski definition) is 4. The average Bonchev–Trinajstić information content (AvgIpc) is 2.66. The second-order valence-corrected chi connectivity index (χ2v) is 6.97. The molecule has 3 rings (SSSR count). The van der Waals surface area contributed by atoms with Crippen LogP contribution in [0.25, 0.3) is 0 Å². The number of anilines is 1. The van der Waals surface area contributed by atoms with Crippen molar-refractivity contribution in [2.45, 2.75) is 29.9 Å². The number of hydrogen-bond donors (Lipinski definition) is 1. The highest BCUT2D eigenvalue weighted by molar-refractivity contribution is 7.89. The van der Waals surface area contributed by atoms with E-state index in [-0.39, 0.29) is 31.0 Å². The normalized spacial score (nSPS) is 26.9. The number of sulfonamides is 1. The van der Waals surface area contributed by atoms with Gasteiger partial charge in [-0.1, -0.05) is 0 Å². The van der Waals surface area contributed by atoms with Crippen molar-refractivity contribution in [3.63, 3.8) is 0 Å². The van der Waals surface area contributed by atoms with Gasteiger partial charge in [0.1, 0.15) is 11.6 Å². The molecule has 0 amide bonds. The quantitative estimate of drug-likeness (QED) is 0.830. The Balaban J connectivity index is 2.00. The Labute approximate surface area is 115 Å². The SMILES string of the molecule is Nc1cc(F)c(S(=O)(=O)N2CC3CCC(C2)O3)c(F)c1. The average molecular weight is 304 g/mol. The molecule has 2 bridgehead atoms. The first-order chi connectivity index (χ1) is 9.38. The maximum atomic E-state index is 13.8. The Morgan fingerprint density at radius 2 is 1.65 bits per heavy atom. The zero-order valence-corrected chi connectivity index (χ0v) is 11.4. The molecule has 5 nitrogen and oxygen atoms in total. The second-order valence-electron chi connectivity index (χ2n) is 5.09. The lowest BCUT2D eigenvalue weighted by molar-refractivity contribution is -0.0115. The molecular formula is C12H14F2N2O3S. The third-order valence-electron chi connectivity index (χ3n) is 3.63. The summed E-state index contributed by atoms with van der Waals surface area (Å²) in [5.41, 5.74) is 5.14. The number of nitrogens with two attached hydrogens (primary N) is 1. The molecular weight excluding hydrogens is 290 g/mol. The number of benzene rings is 1. The van der Waals surface area contributed by atoms with E-state index in [0.29, 0.717) is 0 Å². The van der Waals surface area contributed by atoms with Gasteiger partial charge in [-0.15, -0.1) is 0 Å². The van der Waals surface area contributed by atoms with Crippen LogP contribution in [0.3, 0.4) is 0 Å². The Morgan fingerprint density at radius 3 is 2.15 bits per heavy atom. The highest BCUT2D eigenvalue weighted by atomic mass is 32.2. The molecule has 1 aromatic rings. The fourth-order valence-corrected chi connectivity index (χ4v) is 4.32. The summed E-state index contributed by atoms with van der Waals surface area (Å²) in [6.45, 7) is 0.254. The van der Waals surface area contributed by atoms with Crippen LogP contribution in [0.4, 0.5) is 14.5 Å². The molecule has 8 heteroatoms. The topological polar surface area (TPSA) is 72.6 Å². The summed E-state index contributed by atoms with van der Waals surface area (Å²) in [6, 6.07) is 1.62. The van der Waals surface area contributed by atoms with Crippen LogP contribution in [0.2, 0.25) is 0 Å². The summed E-state index contributed by atoms with van der Waals surface area (Å²) in [5, 5.41) is 0. The van der Waals surface area contributed by atoms with Crippen LogP contribution in [0, 0.1) is 11.6 Å². The number of halogens is 2. The maximum Gasteiger partial charge on any atom is 0.249 e. The van der Waals surface area contributed by atoms with Crippen LogP contribution in [-0.2, 0) is 14.8 Å². The number of morpholine rings is 1.